The van der Waals surface area contributed by atoms with Crippen LogP contribution in [0.25, 0.3) is 0 Å². The summed E-state index contributed by atoms with van der Waals surface area (Å²) < 4.78 is 18.4. The van der Waals surface area contributed by atoms with Gasteiger partial charge in [0.1, 0.15) is 5.82 Å². The molecule has 26 heavy (non-hydrogen) atoms. The van der Waals surface area contributed by atoms with E-state index in [4.69, 9.17) is 4.74 Å². The van der Waals surface area contributed by atoms with Crippen molar-refractivity contribution in [2.24, 2.45) is 0 Å². The fourth-order valence-electron chi connectivity index (χ4n) is 3.42. The summed E-state index contributed by atoms with van der Waals surface area (Å²) in [6.45, 7) is 3.01. The van der Waals surface area contributed by atoms with Crippen molar-refractivity contribution in [1.29, 1.82) is 0 Å². The number of hydrogen-bond acceptors (Lipinski definition) is 4. The minimum Gasteiger partial charge on any atom is -0.385 e. The van der Waals surface area contributed by atoms with Gasteiger partial charge in [0.15, 0.2) is 0 Å². The number of halogens is 1. The number of nitrogens with one attached hydrogen (secondary N) is 1. The molecule has 0 saturated carbocycles. The van der Waals surface area contributed by atoms with Gasteiger partial charge in [0.25, 0.3) is 5.91 Å². The molecule has 0 aliphatic carbocycles. The number of amides is 1. The number of rotatable bonds is 7. The zero-order chi connectivity index (χ0) is 18.4. The smallest absolute Gasteiger partial charge is 0.251 e. The van der Waals surface area contributed by atoms with Gasteiger partial charge in [-0.1, -0.05) is 6.07 Å². The number of carbonyl (C=O) groups excluding carboxylic acids is 1. The van der Waals surface area contributed by atoms with Gasteiger partial charge in [0.2, 0.25) is 0 Å². The molecule has 1 amide bonds. The van der Waals surface area contributed by atoms with Crippen LogP contribution in [0.5, 0.6) is 0 Å². The first-order valence-corrected chi connectivity index (χ1v) is 8.78. The average Bonchev–Trinajstić information content (AvgIpc) is 3.04. The van der Waals surface area contributed by atoms with Crippen LogP contribution in [0.2, 0.25) is 0 Å². The first kappa shape index (κ1) is 18.5. The zero-order valence-corrected chi connectivity index (χ0v) is 15.0. The summed E-state index contributed by atoms with van der Waals surface area (Å²) in [5.74, 6) is -0.525. The Labute approximate surface area is 153 Å². The van der Waals surface area contributed by atoms with Crippen molar-refractivity contribution in [1.82, 2.24) is 15.2 Å². The topological polar surface area (TPSA) is 54.5 Å². The van der Waals surface area contributed by atoms with Crippen LogP contribution in [0.3, 0.4) is 0 Å². The van der Waals surface area contributed by atoms with Crippen molar-refractivity contribution in [2.45, 2.75) is 24.9 Å². The summed E-state index contributed by atoms with van der Waals surface area (Å²) in [5.41, 5.74) is 1.28. The monoisotopic (exact) mass is 357 g/mol. The third kappa shape index (κ3) is 4.65. The van der Waals surface area contributed by atoms with Gasteiger partial charge in [0, 0.05) is 51.3 Å². The summed E-state index contributed by atoms with van der Waals surface area (Å²) in [6, 6.07) is 9.62. The molecule has 1 fully saturated rings. The van der Waals surface area contributed by atoms with Gasteiger partial charge in [-0.05, 0) is 48.7 Å². The molecule has 5 nitrogen and oxygen atoms in total. The van der Waals surface area contributed by atoms with E-state index >= 15 is 0 Å². The molecule has 1 N–H and O–H groups in total. The van der Waals surface area contributed by atoms with Gasteiger partial charge in [-0.2, -0.15) is 0 Å². The van der Waals surface area contributed by atoms with Crippen molar-refractivity contribution in [3.63, 3.8) is 0 Å². The number of benzene rings is 1. The highest BCUT2D eigenvalue weighted by Gasteiger charge is 2.39. The lowest BCUT2D eigenvalue weighted by molar-refractivity contribution is 0.0864. The second-order valence-electron chi connectivity index (χ2n) is 6.81. The van der Waals surface area contributed by atoms with E-state index in [2.05, 4.69) is 21.3 Å². The highest BCUT2D eigenvalue weighted by Crippen LogP contribution is 2.27. The van der Waals surface area contributed by atoms with Crippen LogP contribution >= 0.6 is 0 Å². The number of methoxy groups -OCH3 is 1. The molecule has 138 valence electrons. The number of likely N-dealkylation sites (tertiary alicyclic amines) is 1. The molecule has 1 saturated heterocycles. The van der Waals surface area contributed by atoms with Crippen LogP contribution in [-0.4, -0.2) is 48.1 Å². The molecule has 2 heterocycles. The van der Waals surface area contributed by atoms with E-state index in [9.17, 15) is 9.18 Å². The summed E-state index contributed by atoms with van der Waals surface area (Å²) in [6.07, 6.45) is 5.22. The molecule has 0 bridgehead atoms. The molecule has 1 unspecified atom stereocenters. The maximum atomic E-state index is 13.1. The quantitative estimate of drug-likeness (QED) is 0.828. The van der Waals surface area contributed by atoms with Crippen LogP contribution in [0.15, 0.2) is 48.8 Å². The molecule has 0 radical (unpaired) electrons. The minimum atomic E-state index is -0.348. The van der Waals surface area contributed by atoms with Crippen molar-refractivity contribution in [3.8, 4) is 0 Å². The van der Waals surface area contributed by atoms with Crippen molar-refractivity contribution in [2.75, 3.05) is 26.8 Å². The Morgan fingerprint density at radius 2 is 2.15 bits per heavy atom. The van der Waals surface area contributed by atoms with Gasteiger partial charge in [-0.25, -0.2) is 4.39 Å². The minimum absolute atomic E-state index is 0.177. The van der Waals surface area contributed by atoms with E-state index in [0.29, 0.717) is 12.2 Å². The predicted molar refractivity (Wildman–Crippen MR) is 97.2 cm³/mol. The van der Waals surface area contributed by atoms with Crippen molar-refractivity contribution in [3.05, 3.63) is 65.7 Å². The molecule has 1 aliphatic rings. The third-order valence-electron chi connectivity index (χ3n) is 4.83. The van der Waals surface area contributed by atoms with E-state index < -0.39 is 0 Å². The first-order chi connectivity index (χ1) is 12.6. The van der Waals surface area contributed by atoms with Gasteiger partial charge in [-0.3, -0.25) is 14.7 Å². The van der Waals surface area contributed by atoms with Gasteiger partial charge < -0.3 is 10.1 Å². The van der Waals surface area contributed by atoms with Gasteiger partial charge >= 0.3 is 0 Å². The van der Waals surface area contributed by atoms with Crippen LogP contribution in [0.4, 0.5) is 4.39 Å². The number of nitrogens with zero attached hydrogens (tertiary/aromatic N) is 2. The third-order valence-corrected chi connectivity index (χ3v) is 4.83. The van der Waals surface area contributed by atoms with E-state index in [1.807, 2.05) is 12.3 Å². The number of hydrogen-bond donors (Lipinski definition) is 1. The SMILES string of the molecule is COCCC1(NC(=O)c2ccc(F)cc2)CCN(Cc2cccnc2)C1. The lowest BCUT2D eigenvalue weighted by atomic mass is 9.94. The van der Waals surface area contributed by atoms with E-state index in [0.717, 1.165) is 38.0 Å². The van der Waals surface area contributed by atoms with Crippen LogP contribution in [0.1, 0.15) is 28.8 Å². The lowest BCUT2D eigenvalue weighted by Gasteiger charge is -2.31. The maximum absolute atomic E-state index is 13.1. The lowest BCUT2D eigenvalue weighted by Crippen LogP contribution is -2.51. The van der Waals surface area contributed by atoms with E-state index in [1.165, 1.54) is 24.3 Å². The molecule has 1 aromatic heterocycles. The van der Waals surface area contributed by atoms with E-state index in [1.54, 1.807) is 13.3 Å². The molecule has 1 aliphatic heterocycles. The Bertz CT molecular complexity index is 724. The second kappa shape index (κ2) is 8.38. The highest BCUT2D eigenvalue weighted by molar-refractivity contribution is 5.94. The normalized spacial score (nSPS) is 20.2. The summed E-state index contributed by atoms with van der Waals surface area (Å²) in [5, 5.41) is 3.18. The molecule has 1 atom stereocenters. The molecule has 0 spiro atoms. The fraction of sp³-hybridized carbons (Fsp3) is 0.400. The largest absolute Gasteiger partial charge is 0.385 e. The molecule has 1 aromatic carbocycles. The van der Waals surface area contributed by atoms with Gasteiger partial charge in [-0.15, -0.1) is 0 Å². The van der Waals surface area contributed by atoms with Crippen molar-refractivity contribution < 1.29 is 13.9 Å². The standard InChI is InChI=1S/C20H24FN3O2/c1-26-12-9-20(23-19(25)17-4-6-18(21)7-5-17)8-11-24(15-20)14-16-3-2-10-22-13-16/h2-7,10,13H,8-9,11-12,14-15H2,1H3,(H,23,25). The Morgan fingerprint density at radius 1 is 1.35 bits per heavy atom. The zero-order valence-electron chi connectivity index (χ0n) is 15.0. The molecule has 2 aromatic rings. The van der Waals surface area contributed by atoms with E-state index in [-0.39, 0.29) is 17.3 Å². The number of carbonyl (C=O) groups is 1. The van der Waals surface area contributed by atoms with Crippen LogP contribution in [0, 0.1) is 5.82 Å². The summed E-state index contributed by atoms with van der Waals surface area (Å²) in [7, 11) is 1.66. The maximum Gasteiger partial charge on any atom is 0.251 e. The summed E-state index contributed by atoms with van der Waals surface area (Å²) in [4.78, 5) is 19.1. The van der Waals surface area contributed by atoms with Crippen LogP contribution < -0.4 is 5.32 Å². The average molecular weight is 357 g/mol. The molecular formula is C20H24FN3O2. The first-order valence-electron chi connectivity index (χ1n) is 8.78. The number of ether oxygens (including phenoxy) is 1. The van der Waals surface area contributed by atoms with Gasteiger partial charge in [0.05, 0.1) is 5.54 Å². The Balaban J connectivity index is 1.68. The highest BCUT2D eigenvalue weighted by atomic mass is 19.1. The Hall–Kier alpha value is -2.31. The molecule has 6 heteroatoms. The molecular weight excluding hydrogens is 333 g/mol. The molecule has 3 rings (SSSR count). The van der Waals surface area contributed by atoms with Crippen molar-refractivity contribution >= 4 is 5.91 Å². The Kier molecular flexibility index (Phi) is 5.96. The second-order valence-corrected chi connectivity index (χ2v) is 6.81. The Morgan fingerprint density at radius 3 is 2.85 bits per heavy atom. The van der Waals surface area contributed by atoms with Crippen LogP contribution in [-0.2, 0) is 11.3 Å². The number of pyridine rings is 1. The fourth-order valence-corrected chi connectivity index (χ4v) is 3.42. The summed E-state index contributed by atoms with van der Waals surface area (Å²) >= 11 is 0. The predicted octanol–water partition coefficient (Wildman–Crippen LogP) is 2.63. The number of aromatic nitrogens is 1.